The van der Waals surface area contributed by atoms with Crippen LogP contribution >= 0.6 is 12.4 Å². The van der Waals surface area contributed by atoms with Gasteiger partial charge in [0.15, 0.2) is 5.78 Å². The number of nitrogens with one attached hydrogen (secondary N) is 1. The van der Waals surface area contributed by atoms with E-state index >= 15 is 0 Å². The Balaban J connectivity index is 0.00000144. The molecule has 1 aromatic rings. The van der Waals surface area contributed by atoms with E-state index in [1.54, 1.807) is 18.5 Å². The van der Waals surface area contributed by atoms with E-state index in [9.17, 15) is 4.79 Å². The van der Waals surface area contributed by atoms with Gasteiger partial charge in [-0.05, 0) is 24.0 Å². The summed E-state index contributed by atoms with van der Waals surface area (Å²) in [5.41, 5.74) is 2.03. The number of nitrogens with zero attached hydrogens (tertiary/aromatic N) is 1. The molecule has 0 amide bonds. The summed E-state index contributed by atoms with van der Waals surface area (Å²) < 4.78 is 0. The van der Waals surface area contributed by atoms with Crippen molar-refractivity contribution in [3.05, 3.63) is 36.3 Å². The van der Waals surface area contributed by atoms with Crippen molar-refractivity contribution in [1.29, 1.82) is 0 Å². The number of anilines is 1. The molecule has 1 N–H and O–H groups in total. The lowest BCUT2D eigenvalue weighted by Gasteiger charge is -2.29. The number of ketones is 1. The van der Waals surface area contributed by atoms with E-state index in [0.717, 1.165) is 17.8 Å². The third kappa shape index (κ3) is 3.86. The molecule has 1 heterocycles. The molecule has 1 aliphatic rings. The molecular formula is C13H17ClN2O. The lowest BCUT2D eigenvalue weighted by molar-refractivity contribution is -0.117. The average molecular weight is 253 g/mol. The molecule has 0 spiro atoms. The minimum Gasteiger partial charge on any atom is -0.359 e. The summed E-state index contributed by atoms with van der Waals surface area (Å²) in [4.78, 5) is 15.5. The first-order chi connectivity index (χ1) is 7.55. The van der Waals surface area contributed by atoms with Gasteiger partial charge in [0.25, 0.3) is 0 Å². The topological polar surface area (TPSA) is 42.0 Å². The summed E-state index contributed by atoms with van der Waals surface area (Å²) in [6.07, 6.45) is 6.72. The third-order valence-corrected chi connectivity index (χ3v) is 2.64. The maximum Gasteiger partial charge on any atom is 0.157 e. The van der Waals surface area contributed by atoms with Crippen molar-refractivity contribution >= 4 is 23.9 Å². The summed E-state index contributed by atoms with van der Waals surface area (Å²) >= 11 is 0. The van der Waals surface area contributed by atoms with Crippen LogP contribution in [0.2, 0.25) is 0 Å². The van der Waals surface area contributed by atoms with Crippen molar-refractivity contribution in [2.45, 2.75) is 26.7 Å². The highest BCUT2D eigenvalue weighted by atomic mass is 35.5. The van der Waals surface area contributed by atoms with Gasteiger partial charge in [-0.25, -0.2) is 0 Å². The number of carbonyl (C=O) groups is 1. The summed E-state index contributed by atoms with van der Waals surface area (Å²) in [6.45, 7) is 4.23. The van der Waals surface area contributed by atoms with E-state index in [1.807, 2.05) is 12.1 Å². The summed E-state index contributed by atoms with van der Waals surface area (Å²) in [5, 5.41) is 3.27. The van der Waals surface area contributed by atoms with Crippen LogP contribution in [0.15, 0.2) is 36.3 Å². The van der Waals surface area contributed by atoms with Crippen LogP contribution in [-0.2, 0) is 4.79 Å². The normalized spacial score (nSPS) is 18.0. The molecule has 0 saturated heterocycles. The number of hydrogen-bond acceptors (Lipinski definition) is 3. The fraction of sp³-hybridized carbons (Fsp3) is 0.385. The molecule has 17 heavy (non-hydrogen) atoms. The number of aromatic nitrogens is 1. The first-order valence-corrected chi connectivity index (χ1v) is 5.46. The molecule has 3 nitrogen and oxygen atoms in total. The second kappa shape index (κ2) is 5.32. The van der Waals surface area contributed by atoms with Crippen molar-refractivity contribution in [2.75, 3.05) is 5.32 Å². The van der Waals surface area contributed by atoms with Crippen LogP contribution in [0.1, 0.15) is 26.7 Å². The highest BCUT2D eigenvalue weighted by molar-refractivity contribution is 5.92. The molecule has 92 valence electrons. The van der Waals surface area contributed by atoms with Gasteiger partial charge in [-0.15, -0.1) is 12.4 Å². The molecule has 0 atom stereocenters. The smallest absolute Gasteiger partial charge is 0.157 e. The van der Waals surface area contributed by atoms with E-state index in [2.05, 4.69) is 24.1 Å². The minimum absolute atomic E-state index is 0. The van der Waals surface area contributed by atoms with Gasteiger partial charge in [0.05, 0.1) is 0 Å². The zero-order valence-corrected chi connectivity index (χ0v) is 10.9. The zero-order chi connectivity index (χ0) is 11.6. The number of rotatable bonds is 2. The number of pyridine rings is 1. The van der Waals surface area contributed by atoms with E-state index in [0.29, 0.717) is 6.42 Å². The van der Waals surface area contributed by atoms with Crippen molar-refractivity contribution in [1.82, 2.24) is 4.98 Å². The Bertz CT molecular complexity index is 426. The average Bonchev–Trinajstić information content (AvgIpc) is 2.15. The molecule has 0 bridgehead atoms. The van der Waals surface area contributed by atoms with Gasteiger partial charge in [0.2, 0.25) is 0 Å². The quantitative estimate of drug-likeness (QED) is 0.879. The second-order valence-electron chi connectivity index (χ2n) is 5.01. The van der Waals surface area contributed by atoms with Gasteiger partial charge in [-0.1, -0.05) is 13.8 Å². The lowest BCUT2D eigenvalue weighted by atomic mass is 9.79. The molecule has 0 radical (unpaired) electrons. The Hall–Kier alpha value is -1.35. The molecule has 4 heteroatoms. The second-order valence-corrected chi connectivity index (χ2v) is 5.01. The largest absolute Gasteiger partial charge is 0.359 e. The van der Waals surface area contributed by atoms with Gasteiger partial charge in [0.1, 0.15) is 0 Å². The van der Waals surface area contributed by atoms with Crippen LogP contribution in [0.3, 0.4) is 0 Å². The predicted octanol–water partition coefficient (Wildman–Crippen LogP) is 3.19. The molecule has 1 aromatic heterocycles. The summed E-state index contributed by atoms with van der Waals surface area (Å²) in [5.74, 6) is 0.202. The first kappa shape index (κ1) is 13.7. The predicted molar refractivity (Wildman–Crippen MR) is 71.2 cm³/mol. The standard InChI is InChI=1S/C13H16N2O.ClH/c1-13(2)8-11(7-12(16)9-13)15-10-3-5-14-6-4-10;/h3-7H,8-9H2,1-2H3,(H,14,15);1H. The van der Waals surface area contributed by atoms with Gasteiger partial charge in [0, 0.05) is 36.3 Å². The van der Waals surface area contributed by atoms with Crippen molar-refractivity contribution in [2.24, 2.45) is 5.41 Å². The highest BCUT2D eigenvalue weighted by Gasteiger charge is 2.27. The van der Waals surface area contributed by atoms with Gasteiger partial charge >= 0.3 is 0 Å². The molecule has 2 rings (SSSR count). The fourth-order valence-corrected chi connectivity index (χ4v) is 2.05. The SMILES string of the molecule is CC1(C)CC(=O)C=C(Nc2ccncc2)C1.Cl. The Kier molecular flexibility index (Phi) is 4.29. The molecule has 0 saturated carbocycles. The van der Waals surface area contributed by atoms with Crippen LogP contribution < -0.4 is 5.32 Å². The Morgan fingerprint density at radius 1 is 1.24 bits per heavy atom. The first-order valence-electron chi connectivity index (χ1n) is 5.46. The zero-order valence-electron chi connectivity index (χ0n) is 10.1. The van der Waals surface area contributed by atoms with Crippen molar-refractivity contribution < 1.29 is 4.79 Å². The van der Waals surface area contributed by atoms with Crippen LogP contribution in [-0.4, -0.2) is 10.8 Å². The van der Waals surface area contributed by atoms with Crippen LogP contribution in [0, 0.1) is 5.41 Å². The van der Waals surface area contributed by atoms with Gasteiger partial charge in [-0.3, -0.25) is 9.78 Å². The van der Waals surface area contributed by atoms with Crippen molar-refractivity contribution in [3.8, 4) is 0 Å². The minimum atomic E-state index is 0. The Morgan fingerprint density at radius 2 is 1.88 bits per heavy atom. The van der Waals surface area contributed by atoms with E-state index in [-0.39, 0.29) is 23.6 Å². The number of halogens is 1. The molecule has 0 fully saturated rings. The molecule has 1 aliphatic carbocycles. The van der Waals surface area contributed by atoms with E-state index in [1.165, 1.54) is 0 Å². The number of carbonyl (C=O) groups excluding carboxylic acids is 1. The number of allylic oxidation sites excluding steroid dienone is 2. The lowest BCUT2D eigenvalue weighted by Crippen LogP contribution is -2.24. The molecule has 0 aromatic carbocycles. The Morgan fingerprint density at radius 3 is 2.47 bits per heavy atom. The van der Waals surface area contributed by atoms with Crippen molar-refractivity contribution in [3.63, 3.8) is 0 Å². The summed E-state index contributed by atoms with van der Waals surface area (Å²) in [7, 11) is 0. The summed E-state index contributed by atoms with van der Waals surface area (Å²) in [6, 6.07) is 3.79. The fourth-order valence-electron chi connectivity index (χ4n) is 2.05. The highest BCUT2D eigenvalue weighted by Crippen LogP contribution is 2.33. The maximum atomic E-state index is 11.6. The van der Waals surface area contributed by atoms with Crippen LogP contribution in [0.25, 0.3) is 0 Å². The third-order valence-electron chi connectivity index (χ3n) is 2.64. The number of hydrogen-bond donors (Lipinski definition) is 1. The molecular weight excluding hydrogens is 236 g/mol. The molecule has 0 aliphatic heterocycles. The van der Waals surface area contributed by atoms with Crippen LogP contribution in [0.5, 0.6) is 0 Å². The Labute approximate surface area is 108 Å². The maximum absolute atomic E-state index is 11.6. The van der Waals surface area contributed by atoms with Crippen LogP contribution in [0.4, 0.5) is 5.69 Å². The van der Waals surface area contributed by atoms with Gasteiger partial charge in [-0.2, -0.15) is 0 Å². The van der Waals surface area contributed by atoms with E-state index < -0.39 is 0 Å². The molecule has 0 unspecified atom stereocenters. The van der Waals surface area contributed by atoms with E-state index in [4.69, 9.17) is 0 Å². The van der Waals surface area contributed by atoms with Gasteiger partial charge < -0.3 is 5.32 Å². The monoisotopic (exact) mass is 252 g/mol.